The second-order valence-corrected chi connectivity index (χ2v) is 1.99. The number of hydrogen-bond donors (Lipinski definition) is 2. The molecule has 2 amide bonds. The van der Waals surface area contributed by atoms with E-state index in [0.717, 1.165) is 6.92 Å². The fourth-order valence-corrected chi connectivity index (χ4v) is 0.508. The van der Waals surface area contributed by atoms with Crippen LogP contribution in [0.3, 0.4) is 0 Å². The maximum Gasteiger partial charge on any atom is 0.300 e. The van der Waals surface area contributed by atoms with E-state index < -0.39 is 5.97 Å². The van der Waals surface area contributed by atoms with E-state index in [2.05, 4.69) is 5.32 Å². The largest absolute Gasteiger partial charge is 0.481 e. The van der Waals surface area contributed by atoms with E-state index in [1.165, 1.54) is 0 Å². The number of aliphatic carboxylic acids is 1. The van der Waals surface area contributed by atoms with Gasteiger partial charge in [-0.2, -0.15) is 0 Å². The molecule has 0 spiro atoms. The van der Waals surface area contributed by atoms with Gasteiger partial charge in [-0.25, -0.2) is 0 Å². The number of imide groups is 1. The van der Waals surface area contributed by atoms with Gasteiger partial charge in [-0.15, -0.1) is 0 Å². The molecule has 1 heterocycles. The number of hydrogen-bond acceptors (Lipinski definition) is 3. The van der Waals surface area contributed by atoms with Crippen LogP contribution in [0.15, 0.2) is 0 Å². The van der Waals surface area contributed by atoms with Gasteiger partial charge in [0.25, 0.3) is 5.97 Å². The number of carbonyl (C=O) groups is 3. The smallest absolute Gasteiger partial charge is 0.300 e. The van der Waals surface area contributed by atoms with Crippen LogP contribution in [0.4, 0.5) is 0 Å². The first-order chi connectivity index (χ1) is 5.02. The average Bonchev–Trinajstić information content (AvgIpc) is 2.13. The first kappa shape index (κ1) is 9.61. The van der Waals surface area contributed by atoms with Crippen molar-refractivity contribution in [3.8, 4) is 0 Å². The molecule has 2 N–H and O–H groups in total. The van der Waals surface area contributed by atoms with Crippen molar-refractivity contribution in [2.24, 2.45) is 0 Å². The number of nitrogens with one attached hydrogen (secondary N) is 1. The second-order valence-electron chi connectivity index (χ2n) is 1.99. The third-order valence-corrected chi connectivity index (χ3v) is 0.858. The van der Waals surface area contributed by atoms with Gasteiger partial charge in [-0.1, -0.05) is 0 Å². The predicted molar refractivity (Wildman–Crippen MR) is 35.7 cm³/mol. The number of carboxylic acids is 1. The van der Waals surface area contributed by atoms with Crippen LogP contribution in [0.5, 0.6) is 0 Å². The van der Waals surface area contributed by atoms with E-state index in [0.29, 0.717) is 12.8 Å². The molecule has 0 aliphatic carbocycles. The van der Waals surface area contributed by atoms with Crippen molar-refractivity contribution in [2.75, 3.05) is 0 Å². The lowest BCUT2D eigenvalue weighted by Gasteiger charge is -1.79. The van der Waals surface area contributed by atoms with Crippen molar-refractivity contribution in [1.29, 1.82) is 0 Å². The Morgan fingerprint density at radius 3 is 1.73 bits per heavy atom. The summed E-state index contributed by atoms with van der Waals surface area (Å²) >= 11 is 0. The van der Waals surface area contributed by atoms with Gasteiger partial charge in [0.15, 0.2) is 0 Å². The van der Waals surface area contributed by atoms with Crippen LogP contribution in [-0.2, 0) is 14.4 Å². The van der Waals surface area contributed by atoms with Crippen LogP contribution in [-0.4, -0.2) is 22.9 Å². The molecular weight excluding hydrogens is 150 g/mol. The highest BCUT2D eigenvalue weighted by molar-refractivity contribution is 6.01. The summed E-state index contributed by atoms with van der Waals surface area (Å²) in [7, 11) is 0. The molecule has 1 rings (SSSR count). The second kappa shape index (κ2) is 4.43. The minimum atomic E-state index is -0.833. The molecule has 0 saturated carbocycles. The van der Waals surface area contributed by atoms with E-state index in [1.807, 2.05) is 0 Å². The van der Waals surface area contributed by atoms with Crippen LogP contribution in [0.2, 0.25) is 0 Å². The molecular formula is C6H9NO4. The number of carbonyl (C=O) groups excluding carboxylic acids is 2. The third kappa shape index (κ3) is 6.50. The third-order valence-electron chi connectivity index (χ3n) is 0.858. The van der Waals surface area contributed by atoms with Gasteiger partial charge in [0, 0.05) is 19.8 Å². The summed E-state index contributed by atoms with van der Waals surface area (Å²) in [5.74, 6) is -1.13. The lowest BCUT2D eigenvalue weighted by Crippen LogP contribution is -2.18. The molecule has 0 aromatic carbocycles. The zero-order chi connectivity index (χ0) is 8.85. The van der Waals surface area contributed by atoms with Gasteiger partial charge in [0.1, 0.15) is 0 Å². The van der Waals surface area contributed by atoms with E-state index in [4.69, 9.17) is 9.90 Å². The van der Waals surface area contributed by atoms with Crippen molar-refractivity contribution in [3.63, 3.8) is 0 Å². The average molecular weight is 159 g/mol. The maximum atomic E-state index is 10.1. The molecule has 0 atom stereocenters. The monoisotopic (exact) mass is 159 g/mol. The van der Waals surface area contributed by atoms with Gasteiger partial charge in [-0.3, -0.25) is 19.7 Å². The van der Waals surface area contributed by atoms with Gasteiger partial charge < -0.3 is 5.11 Å². The van der Waals surface area contributed by atoms with Gasteiger partial charge in [-0.05, 0) is 0 Å². The van der Waals surface area contributed by atoms with Gasteiger partial charge in [0.05, 0.1) is 0 Å². The van der Waals surface area contributed by atoms with Crippen molar-refractivity contribution < 1.29 is 19.5 Å². The van der Waals surface area contributed by atoms with Crippen molar-refractivity contribution in [3.05, 3.63) is 0 Å². The highest BCUT2D eigenvalue weighted by Crippen LogP contribution is 1.95. The molecule has 5 heteroatoms. The van der Waals surface area contributed by atoms with Crippen LogP contribution in [0.1, 0.15) is 19.8 Å². The molecule has 1 aliphatic heterocycles. The Hall–Kier alpha value is -1.39. The van der Waals surface area contributed by atoms with Crippen molar-refractivity contribution in [2.45, 2.75) is 19.8 Å². The Bertz CT molecular complexity index is 169. The summed E-state index contributed by atoms with van der Waals surface area (Å²) in [6.07, 6.45) is 0.748. The molecule has 1 aliphatic rings. The Morgan fingerprint density at radius 1 is 1.36 bits per heavy atom. The topological polar surface area (TPSA) is 83.5 Å². The summed E-state index contributed by atoms with van der Waals surface area (Å²) in [6, 6.07) is 0. The normalized spacial score (nSPS) is 15.0. The fraction of sp³-hybridized carbons (Fsp3) is 0.500. The lowest BCUT2D eigenvalue weighted by molar-refractivity contribution is -0.134. The summed E-state index contributed by atoms with van der Waals surface area (Å²) in [4.78, 5) is 29.2. The lowest BCUT2D eigenvalue weighted by atomic mass is 10.4. The Labute approximate surface area is 63.4 Å². The maximum absolute atomic E-state index is 10.1. The summed E-state index contributed by atoms with van der Waals surface area (Å²) < 4.78 is 0. The van der Waals surface area contributed by atoms with E-state index in [1.54, 1.807) is 0 Å². The summed E-state index contributed by atoms with van der Waals surface area (Å²) in [6.45, 7) is 1.08. The molecule has 1 saturated heterocycles. The molecule has 0 aromatic rings. The Balaban J connectivity index is 0.000000218. The molecule has 0 unspecified atom stereocenters. The van der Waals surface area contributed by atoms with Crippen molar-refractivity contribution >= 4 is 17.8 Å². The highest BCUT2D eigenvalue weighted by Gasteiger charge is 2.15. The molecule has 11 heavy (non-hydrogen) atoms. The van der Waals surface area contributed by atoms with E-state index in [-0.39, 0.29) is 11.8 Å². The SMILES string of the molecule is CC(=O)O.O=C1CCC(=O)N1. The van der Waals surface area contributed by atoms with E-state index in [9.17, 15) is 9.59 Å². The van der Waals surface area contributed by atoms with Gasteiger partial charge in [0.2, 0.25) is 11.8 Å². The van der Waals surface area contributed by atoms with Crippen molar-refractivity contribution in [1.82, 2.24) is 5.32 Å². The first-order valence-corrected chi connectivity index (χ1v) is 3.04. The van der Waals surface area contributed by atoms with Crippen LogP contribution in [0, 0.1) is 0 Å². The number of rotatable bonds is 0. The first-order valence-electron chi connectivity index (χ1n) is 3.04. The molecule has 1 fully saturated rings. The predicted octanol–water partition coefficient (Wildman–Crippen LogP) is -0.486. The van der Waals surface area contributed by atoms with E-state index >= 15 is 0 Å². The highest BCUT2D eigenvalue weighted by atomic mass is 16.4. The number of carboxylic acid groups (broad SMARTS) is 1. The van der Waals surface area contributed by atoms with Crippen LogP contribution < -0.4 is 5.32 Å². The molecule has 62 valence electrons. The standard InChI is InChI=1S/C4H5NO2.C2H4O2/c6-3-1-2-4(7)5-3;1-2(3)4/h1-2H2,(H,5,6,7);1H3,(H,3,4). The number of amides is 2. The minimum Gasteiger partial charge on any atom is -0.481 e. The Morgan fingerprint density at radius 2 is 1.64 bits per heavy atom. The molecule has 5 nitrogen and oxygen atoms in total. The van der Waals surface area contributed by atoms with Crippen LogP contribution in [0.25, 0.3) is 0 Å². The quantitative estimate of drug-likeness (QED) is 0.467. The Kier molecular flexibility index (Phi) is 3.87. The summed E-state index contributed by atoms with van der Waals surface area (Å²) in [5.41, 5.74) is 0. The fourth-order valence-electron chi connectivity index (χ4n) is 0.508. The van der Waals surface area contributed by atoms with Crippen LogP contribution >= 0.6 is 0 Å². The van der Waals surface area contributed by atoms with Gasteiger partial charge >= 0.3 is 0 Å². The molecule has 0 aromatic heterocycles. The molecule has 0 bridgehead atoms. The minimum absolute atomic E-state index is 0.148. The zero-order valence-corrected chi connectivity index (χ0v) is 6.09. The molecule has 0 radical (unpaired) electrons. The summed E-state index contributed by atoms with van der Waals surface area (Å²) in [5, 5.41) is 9.56. The zero-order valence-electron chi connectivity index (χ0n) is 6.09.